The van der Waals surface area contributed by atoms with Crippen molar-refractivity contribution in [2.24, 2.45) is 0 Å². The van der Waals surface area contributed by atoms with Crippen LogP contribution in [-0.4, -0.2) is 28.0 Å². The van der Waals surface area contributed by atoms with Crippen LogP contribution in [0.1, 0.15) is 36.3 Å². The summed E-state index contributed by atoms with van der Waals surface area (Å²) < 4.78 is 99.5. The SMILES string of the molecule is FC(F)(F)c1ccc2nc1OCCC/C=C\CC(OCc1ccccc1)(C(F)(F)F)c1nnc-2o1. The van der Waals surface area contributed by atoms with Gasteiger partial charge < -0.3 is 13.9 Å². The van der Waals surface area contributed by atoms with E-state index in [1.165, 1.54) is 12.2 Å². The molecule has 1 atom stereocenters. The Kier molecular flexibility index (Phi) is 6.84. The van der Waals surface area contributed by atoms with Crippen LogP contribution in [0.5, 0.6) is 5.88 Å². The minimum Gasteiger partial charge on any atom is -0.477 e. The first-order chi connectivity index (χ1) is 16.6. The summed E-state index contributed by atoms with van der Waals surface area (Å²) in [6, 6.07) is 9.88. The van der Waals surface area contributed by atoms with Gasteiger partial charge in [-0.3, -0.25) is 0 Å². The quantitative estimate of drug-likeness (QED) is 0.314. The Bertz CT molecular complexity index is 1180. The molecule has 0 N–H and O–H groups in total. The second kappa shape index (κ2) is 9.68. The average molecular weight is 499 g/mol. The van der Waals surface area contributed by atoms with Gasteiger partial charge in [0.2, 0.25) is 11.5 Å². The molecule has 1 unspecified atom stereocenters. The van der Waals surface area contributed by atoms with Crippen molar-refractivity contribution >= 4 is 0 Å². The highest BCUT2D eigenvalue weighted by Gasteiger charge is 2.60. The number of allylic oxidation sites excluding steroid dienone is 1. The van der Waals surface area contributed by atoms with Gasteiger partial charge >= 0.3 is 12.4 Å². The van der Waals surface area contributed by atoms with Crippen LogP contribution in [0.15, 0.2) is 59.0 Å². The van der Waals surface area contributed by atoms with Gasteiger partial charge in [0.15, 0.2) is 0 Å². The van der Waals surface area contributed by atoms with Gasteiger partial charge in [0.25, 0.3) is 11.8 Å². The fourth-order valence-electron chi connectivity index (χ4n) is 3.42. The Morgan fingerprint density at radius 1 is 0.943 bits per heavy atom. The van der Waals surface area contributed by atoms with Gasteiger partial charge in [0.1, 0.15) is 11.3 Å². The molecule has 186 valence electrons. The van der Waals surface area contributed by atoms with Crippen LogP contribution in [-0.2, 0) is 23.1 Å². The molecular formula is C23H19F6N3O3. The maximum absolute atomic E-state index is 14.5. The fraction of sp³-hybridized carbons (Fsp3) is 0.348. The molecule has 12 heteroatoms. The largest absolute Gasteiger partial charge is 0.477 e. The van der Waals surface area contributed by atoms with E-state index in [1.807, 2.05) is 0 Å². The van der Waals surface area contributed by atoms with Crippen molar-refractivity contribution < 1.29 is 40.2 Å². The molecule has 0 radical (unpaired) electrons. The average Bonchev–Trinajstić information content (AvgIpc) is 3.29. The van der Waals surface area contributed by atoms with E-state index in [0.717, 1.165) is 6.07 Å². The number of rotatable bonds is 3. The van der Waals surface area contributed by atoms with Crippen molar-refractivity contribution in [1.29, 1.82) is 0 Å². The van der Waals surface area contributed by atoms with Crippen molar-refractivity contribution in [1.82, 2.24) is 15.2 Å². The molecule has 3 heterocycles. The molecule has 1 aromatic carbocycles. The lowest BCUT2D eigenvalue weighted by Crippen LogP contribution is -2.45. The molecule has 0 saturated carbocycles. The van der Waals surface area contributed by atoms with E-state index in [0.29, 0.717) is 11.6 Å². The number of halogens is 6. The summed E-state index contributed by atoms with van der Waals surface area (Å²) >= 11 is 0. The molecule has 4 rings (SSSR count). The normalized spacial score (nSPS) is 20.1. The van der Waals surface area contributed by atoms with Crippen molar-refractivity contribution in [2.75, 3.05) is 6.61 Å². The van der Waals surface area contributed by atoms with E-state index < -0.39 is 54.2 Å². The van der Waals surface area contributed by atoms with Crippen LogP contribution in [0, 0.1) is 0 Å². The van der Waals surface area contributed by atoms with E-state index in [2.05, 4.69) is 15.2 Å². The highest BCUT2D eigenvalue weighted by atomic mass is 19.4. The summed E-state index contributed by atoms with van der Waals surface area (Å²) in [5.74, 6) is -2.11. The predicted octanol–water partition coefficient (Wildman–Crippen LogP) is 6.24. The van der Waals surface area contributed by atoms with E-state index in [-0.39, 0.29) is 25.1 Å². The Balaban J connectivity index is 1.79. The maximum atomic E-state index is 14.5. The van der Waals surface area contributed by atoms with Crippen LogP contribution in [0.2, 0.25) is 0 Å². The Morgan fingerprint density at radius 3 is 2.43 bits per heavy atom. The third-order valence-corrected chi connectivity index (χ3v) is 5.27. The molecule has 0 spiro atoms. The molecule has 3 aromatic rings. The summed E-state index contributed by atoms with van der Waals surface area (Å²) in [6.07, 6.45) is -7.12. The summed E-state index contributed by atoms with van der Waals surface area (Å²) in [6.45, 7) is -0.531. The first kappa shape index (κ1) is 24.7. The van der Waals surface area contributed by atoms with Crippen LogP contribution < -0.4 is 4.74 Å². The van der Waals surface area contributed by atoms with E-state index in [9.17, 15) is 26.3 Å². The summed E-state index contributed by atoms with van der Waals surface area (Å²) in [5, 5.41) is 7.18. The maximum Gasteiger partial charge on any atom is 0.426 e. The summed E-state index contributed by atoms with van der Waals surface area (Å²) in [7, 11) is 0. The van der Waals surface area contributed by atoms with E-state index >= 15 is 0 Å². The van der Waals surface area contributed by atoms with Gasteiger partial charge in [0, 0.05) is 6.42 Å². The molecular weight excluding hydrogens is 480 g/mol. The third kappa shape index (κ3) is 5.31. The van der Waals surface area contributed by atoms with Crippen molar-refractivity contribution in [3.05, 3.63) is 71.6 Å². The van der Waals surface area contributed by atoms with Gasteiger partial charge in [-0.05, 0) is 30.5 Å². The number of alkyl halides is 6. The number of fused-ring (bicyclic) bond motifs is 5. The first-order valence-electron chi connectivity index (χ1n) is 10.6. The van der Waals surface area contributed by atoms with Gasteiger partial charge in [0.05, 0.1) is 13.2 Å². The second-order valence-electron chi connectivity index (χ2n) is 7.72. The van der Waals surface area contributed by atoms with Gasteiger partial charge in [-0.25, -0.2) is 4.98 Å². The number of hydrogen-bond acceptors (Lipinski definition) is 6. The number of pyridine rings is 1. The van der Waals surface area contributed by atoms with Crippen LogP contribution >= 0.6 is 0 Å². The van der Waals surface area contributed by atoms with Crippen LogP contribution in [0.3, 0.4) is 0 Å². The number of aromatic nitrogens is 3. The predicted molar refractivity (Wildman–Crippen MR) is 110 cm³/mol. The molecule has 1 aliphatic rings. The molecule has 0 saturated heterocycles. The number of ether oxygens (including phenoxy) is 2. The highest BCUT2D eigenvalue weighted by molar-refractivity contribution is 5.50. The number of hydrogen-bond donors (Lipinski definition) is 0. The highest BCUT2D eigenvalue weighted by Crippen LogP contribution is 2.46. The lowest BCUT2D eigenvalue weighted by atomic mass is 9.97. The standard InChI is InChI=1S/C23H19F6N3O3/c24-22(25,26)16-10-11-17-19-31-32-20(35-19)21(23(27,28)29,34-14-15-8-4-3-5-9-15)12-6-1-2-7-13-33-18(16)30-17/h1,3-6,8-11H,2,7,12-14H2/b6-1-. The summed E-state index contributed by atoms with van der Waals surface area (Å²) in [4.78, 5) is 3.80. The third-order valence-electron chi connectivity index (χ3n) is 5.27. The van der Waals surface area contributed by atoms with Crippen molar-refractivity contribution in [3.63, 3.8) is 0 Å². The monoisotopic (exact) mass is 499 g/mol. The topological polar surface area (TPSA) is 70.3 Å². The molecule has 35 heavy (non-hydrogen) atoms. The summed E-state index contributed by atoms with van der Waals surface area (Å²) in [5.41, 5.74) is -3.89. The van der Waals surface area contributed by atoms with Crippen molar-refractivity contribution in [3.8, 4) is 17.5 Å². The number of benzene rings is 1. The lowest BCUT2D eigenvalue weighted by Gasteiger charge is -2.31. The van der Waals surface area contributed by atoms with E-state index in [1.54, 1.807) is 30.3 Å². The first-order valence-corrected chi connectivity index (χ1v) is 10.6. The van der Waals surface area contributed by atoms with Crippen molar-refractivity contribution in [2.45, 2.75) is 43.8 Å². The van der Waals surface area contributed by atoms with Gasteiger partial charge in [-0.2, -0.15) is 26.3 Å². The Labute approximate surface area is 195 Å². The smallest absolute Gasteiger partial charge is 0.426 e. The second-order valence-corrected chi connectivity index (χ2v) is 7.72. The molecule has 2 aromatic heterocycles. The Morgan fingerprint density at radius 2 is 1.71 bits per heavy atom. The fourth-order valence-corrected chi connectivity index (χ4v) is 3.42. The van der Waals surface area contributed by atoms with Crippen LogP contribution in [0.25, 0.3) is 11.6 Å². The zero-order valence-corrected chi connectivity index (χ0v) is 18.1. The molecule has 0 aliphatic carbocycles. The number of nitrogens with zero attached hydrogens (tertiary/aromatic N) is 3. The van der Waals surface area contributed by atoms with E-state index in [4.69, 9.17) is 13.9 Å². The molecule has 0 fully saturated rings. The lowest BCUT2D eigenvalue weighted by molar-refractivity contribution is -0.295. The molecule has 1 aliphatic heterocycles. The van der Waals surface area contributed by atoms with Crippen LogP contribution in [0.4, 0.5) is 26.3 Å². The zero-order valence-electron chi connectivity index (χ0n) is 18.1. The minimum atomic E-state index is -4.96. The van der Waals surface area contributed by atoms with Gasteiger partial charge in [-0.15, -0.1) is 10.2 Å². The Hall–Kier alpha value is -3.41. The zero-order chi connectivity index (χ0) is 25.1. The molecule has 4 bridgehead atoms. The molecule has 0 amide bonds. The van der Waals surface area contributed by atoms with Gasteiger partial charge in [-0.1, -0.05) is 42.5 Å². The molecule has 6 nitrogen and oxygen atoms in total. The minimum absolute atomic E-state index is 0.131.